The SMILES string of the molecule is CCOC(=O)C(C)(c1ccccc1F)N1CCNCC1. The fraction of sp³-hybridized carbons (Fsp3) is 0.533. The number of carbonyl (C=O) groups excluding carboxylic acids is 1. The minimum Gasteiger partial charge on any atom is -0.464 e. The average molecular weight is 280 g/mol. The summed E-state index contributed by atoms with van der Waals surface area (Å²) in [5.74, 6) is -0.770. The van der Waals surface area contributed by atoms with Gasteiger partial charge in [0.1, 0.15) is 11.4 Å². The first-order chi connectivity index (χ1) is 9.60. The van der Waals surface area contributed by atoms with Crippen LogP contribution in [0.4, 0.5) is 4.39 Å². The van der Waals surface area contributed by atoms with Crippen molar-refractivity contribution in [3.05, 3.63) is 35.6 Å². The Balaban J connectivity index is 2.42. The van der Waals surface area contributed by atoms with E-state index in [1.54, 1.807) is 32.0 Å². The number of nitrogens with one attached hydrogen (secondary N) is 1. The van der Waals surface area contributed by atoms with Gasteiger partial charge in [0.05, 0.1) is 6.61 Å². The maximum absolute atomic E-state index is 14.2. The molecule has 1 atom stereocenters. The summed E-state index contributed by atoms with van der Waals surface area (Å²) in [4.78, 5) is 14.5. The van der Waals surface area contributed by atoms with Crippen molar-refractivity contribution < 1.29 is 13.9 Å². The Morgan fingerprint density at radius 2 is 2.05 bits per heavy atom. The second-order valence-corrected chi connectivity index (χ2v) is 5.01. The van der Waals surface area contributed by atoms with Crippen LogP contribution < -0.4 is 5.32 Å². The number of nitrogens with zero attached hydrogens (tertiary/aromatic N) is 1. The van der Waals surface area contributed by atoms with Crippen LogP contribution in [0.5, 0.6) is 0 Å². The maximum Gasteiger partial charge on any atom is 0.331 e. The van der Waals surface area contributed by atoms with Crippen LogP contribution in [0.2, 0.25) is 0 Å². The Labute approximate surface area is 118 Å². The molecule has 0 amide bonds. The van der Waals surface area contributed by atoms with Crippen LogP contribution >= 0.6 is 0 Å². The molecule has 1 aromatic rings. The molecule has 0 aromatic heterocycles. The predicted octanol–water partition coefficient (Wildman–Crippen LogP) is 1.51. The van der Waals surface area contributed by atoms with Gasteiger partial charge in [-0.2, -0.15) is 0 Å². The molecule has 1 N–H and O–H groups in total. The minimum atomic E-state index is -1.08. The van der Waals surface area contributed by atoms with E-state index in [0.29, 0.717) is 18.7 Å². The van der Waals surface area contributed by atoms with Crippen LogP contribution in [0.1, 0.15) is 19.4 Å². The second kappa shape index (κ2) is 6.33. The van der Waals surface area contributed by atoms with Crippen molar-refractivity contribution in [3.63, 3.8) is 0 Å². The third-order valence-electron chi connectivity index (χ3n) is 3.82. The molecular formula is C15H21FN2O2. The normalized spacial score (nSPS) is 19.4. The van der Waals surface area contributed by atoms with Gasteiger partial charge in [-0.05, 0) is 19.9 Å². The zero-order chi connectivity index (χ0) is 14.6. The molecule has 1 aromatic carbocycles. The van der Waals surface area contributed by atoms with Crippen LogP contribution in [-0.4, -0.2) is 43.7 Å². The summed E-state index contributed by atoms with van der Waals surface area (Å²) in [7, 11) is 0. The smallest absolute Gasteiger partial charge is 0.331 e. The third-order valence-corrected chi connectivity index (χ3v) is 3.82. The molecule has 20 heavy (non-hydrogen) atoms. The van der Waals surface area contributed by atoms with Crippen LogP contribution in [0.3, 0.4) is 0 Å². The molecule has 2 rings (SSSR count). The van der Waals surface area contributed by atoms with Crippen molar-refractivity contribution >= 4 is 5.97 Å². The zero-order valence-electron chi connectivity index (χ0n) is 12.0. The van der Waals surface area contributed by atoms with E-state index in [1.165, 1.54) is 6.07 Å². The highest BCUT2D eigenvalue weighted by atomic mass is 19.1. The summed E-state index contributed by atoms with van der Waals surface area (Å²) in [6.07, 6.45) is 0. The lowest BCUT2D eigenvalue weighted by Gasteiger charge is -2.41. The van der Waals surface area contributed by atoms with Gasteiger partial charge in [0, 0.05) is 31.7 Å². The fourth-order valence-corrected chi connectivity index (χ4v) is 2.65. The molecule has 1 aliphatic rings. The van der Waals surface area contributed by atoms with Gasteiger partial charge in [0.2, 0.25) is 0 Å². The number of esters is 1. The Morgan fingerprint density at radius 3 is 2.65 bits per heavy atom. The van der Waals surface area contributed by atoms with Gasteiger partial charge in [-0.15, -0.1) is 0 Å². The van der Waals surface area contributed by atoms with E-state index < -0.39 is 11.5 Å². The van der Waals surface area contributed by atoms with E-state index in [9.17, 15) is 9.18 Å². The van der Waals surface area contributed by atoms with E-state index in [0.717, 1.165) is 13.1 Å². The summed E-state index contributed by atoms with van der Waals surface area (Å²) < 4.78 is 19.4. The number of hydrogen-bond acceptors (Lipinski definition) is 4. The Hall–Kier alpha value is -1.46. The summed E-state index contributed by atoms with van der Waals surface area (Å²) in [6, 6.07) is 6.42. The molecule has 1 unspecified atom stereocenters. The molecule has 0 aliphatic carbocycles. The number of piperazine rings is 1. The lowest BCUT2D eigenvalue weighted by Crippen LogP contribution is -2.57. The molecule has 1 saturated heterocycles. The summed E-state index contributed by atoms with van der Waals surface area (Å²) in [5, 5.41) is 3.24. The zero-order valence-corrected chi connectivity index (χ0v) is 12.0. The maximum atomic E-state index is 14.2. The molecule has 0 spiro atoms. The van der Waals surface area contributed by atoms with Gasteiger partial charge in [-0.1, -0.05) is 18.2 Å². The van der Waals surface area contributed by atoms with Crippen LogP contribution in [0, 0.1) is 5.82 Å². The van der Waals surface area contributed by atoms with E-state index in [2.05, 4.69) is 5.32 Å². The Kier molecular flexibility index (Phi) is 4.73. The summed E-state index contributed by atoms with van der Waals surface area (Å²) >= 11 is 0. The number of benzene rings is 1. The Morgan fingerprint density at radius 1 is 1.40 bits per heavy atom. The number of rotatable bonds is 4. The highest BCUT2D eigenvalue weighted by Crippen LogP contribution is 2.32. The van der Waals surface area contributed by atoms with Crippen LogP contribution in [0.25, 0.3) is 0 Å². The minimum absolute atomic E-state index is 0.287. The molecule has 1 heterocycles. The first-order valence-corrected chi connectivity index (χ1v) is 6.98. The predicted molar refractivity (Wildman–Crippen MR) is 74.8 cm³/mol. The number of halogens is 1. The second-order valence-electron chi connectivity index (χ2n) is 5.01. The van der Waals surface area contributed by atoms with Gasteiger partial charge in [0.25, 0.3) is 0 Å². The molecule has 1 aliphatic heterocycles. The molecule has 0 bridgehead atoms. The first-order valence-electron chi connectivity index (χ1n) is 6.98. The molecule has 110 valence electrons. The summed E-state index contributed by atoms with van der Waals surface area (Å²) in [5.41, 5.74) is -0.705. The van der Waals surface area contributed by atoms with E-state index >= 15 is 0 Å². The van der Waals surface area contributed by atoms with Gasteiger partial charge in [-0.25, -0.2) is 9.18 Å². The molecular weight excluding hydrogens is 259 g/mol. The number of carbonyl (C=O) groups is 1. The van der Waals surface area contributed by atoms with E-state index in [4.69, 9.17) is 4.74 Å². The fourth-order valence-electron chi connectivity index (χ4n) is 2.65. The lowest BCUT2D eigenvalue weighted by atomic mass is 9.88. The van der Waals surface area contributed by atoms with Crippen molar-refractivity contribution in [1.29, 1.82) is 0 Å². The highest BCUT2D eigenvalue weighted by molar-refractivity contribution is 5.82. The first kappa shape index (κ1) is 14.9. The topological polar surface area (TPSA) is 41.6 Å². The Bertz CT molecular complexity index is 475. The highest BCUT2D eigenvalue weighted by Gasteiger charge is 2.44. The molecule has 1 fully saturated rings. The van der Waals surface area contributed by atoms with Crippen molar-refractivity contribution in [2.24, 2.45) is 0 Å². The molecule has 5 heteroatoms. The lowest BCUT2D eigenvalue weighted by molar-refractivity contribution is -0.158. The summed E-state index contributed by atoms with van der Waals surface area (Å²) in [6.45, 7) is 6.72. The van der Waals surface area contributed by atoms with Gasteiger partial charge >= 0.3 is 5.97 Å². The molecule has 0 radical (unpaired) electrons. The quantitative estimate of drug-likeness (QED) is 0.849. The monoisotopic (exact) mass is 280 g/mol. The average Bonchev–Trinajstić information content (AvgIpc) is 2.48. The number of hydrogen-bond donors (Lipinski definition) is 1. The number of ether oxygens (including phenoxy) is 1. The van der Waals surface area contributed by atoms with Gasteiger partial charge < -0.3 is 10.1 Å². The molecule has 4 nitrogen and oxygen atoms in total. The van der Waals surface area contributed by atoms with Crippen molar-refractivity contribution in [2.45, 2.75) is 19.4 Å². The van der Waals surface area contributed by atoms with Crippen LogP contribution in [0.15, 0.2) is 24.3 Å². The van der Waals surface area contributed by atoms with Gasteiger partial charge in [0.15, 0.2) is 0 Å². The van der Waals surface area contributed by atoms with Crippen LogP contribution in [-0.2, 0) is 15.1 Å². The largest absolute Gasteiger partial charge is 0.464 e. The third kappa shape index (κ3) is 2.69. The van der Waals surface area contributed by atoms with Gasteiger partial charge in [-0.3, -0.25) is 4.90 Å². The van der Waals surface area contributed by atoms with Crippen molar-refractivity contribution in [1.82, 2.24) is 10.2 Å². The van der Waals surface area contributed by atoms with E-state index in [1.807, 2.05) is 4.90 Å². The van der Waals surface area contributed by atoms with Crippen molar-refractivity contribution in [2.75, 3.05) is 32.8 Å². The van der Waals surface area contributed by atoms with E-state index in [-0.39, 0.29) is 12.4 Å². The standard InChI is InChI=1S/C15H21FN2O2/c1-3-20-14(19)15(2,18-10-8-17-9-11-18)12-6-4-5-7-13(12)16/h4-7,17H,3,8-11H2,1-2H3. The van der Waals surface area contributed by atoms with Crippen molar-refractivity contribution in [3.8, 4) is 0 Å². The molecule has 0 saturated carbocycles.